The molecule has 156 valence electrons. The summed E-state index contributed by atoms with van der Waals surface area (Å²) in [7, 11) is 0. The Kier molecular flexibility index (Phi) is 4.99. The van der Waals surface area contributed by atoms with Gasteiger partial charge in [-0.3, -0.25) is 4.79 Å². The van der Waals surface area contributed by atoms with Crippen LogP contribution in [0, 0.1) is 11.8 Å². The van der Waals surface area contributed by atoms with Gasteiger partial charge < -0.3 is 24.6 Å². The quantitative estimate of drug-likeness (QED) is 0.702. The zero-order chi connectivity index (χ0) is 21.6. The second kappa shape index (κ2) is 7.50. The van der Waals surface area contributed by atoms with Gasteiger partial charge in [0.05, 0.1) is 18.1 Å². The number of carbonyl (C=O) groups is 2. The van der Waals surface area contributed by atoms with E-state index in [0.717, 1.165) is 5.56 Å². The molecule has 0 aromatic heterocycles. The normalized spacial score (nSPS) is 25.7. The topological polar surface area (TPSA) is 96.3 Å². The van der Waals surface area contributed by atoms with Crippen LogP contribution in [-0.4, -0.2) is 45.7 Å². The Balaban J connectivity index is 1.47. The Morgan fingerprint density at radius 1 is 1.40 bits per heavy atom. The molecule has 3 heterocycles. The van der Waals surface area contributed by atoms with E-state index in [9.17, 15) is 19.8 Å². The molecule has 4 rings (SSSR count). The van der Waals surface area contributed by atoms with E-state index in [0.29, 0.717) is 22.8 Å². The molecule has 3 aliphatic rings. The van der Waals surface area contributed by atoms with Gasteiger partial charge in [-0.2, -0.15) is 0 Å². The van der Waals surface area contributed by atoms with E-state index in [1.807, 2.05) is 25.1 Å². The lowest BCUT2D eigenvalue weighted by atomic mass is 9.78. The summed E-state index contributed by atoms with van der Waals surface area (Å²) < 4.78 is 11.3. The van der Waals surface area contributed by atoms with Crippen LogP contribution < -0.4 is 9.47 Å². The molecule has 0 bridgehead atoms. The number of carboxylic acid groups (broad SMARTS) is 1. The SMILES string of the molecule is C=C1C=Cc2ccc(OC/C=C/C3=C(C(=O)O)N4C(=O)[C@H]([C@@H](C)O)[C@H]4[C@H]3C)cc2O1. The maximum atomic E-state index is 12.3. The number of aliphatic carboxylic acids is 1. The number of rotatable bonds is 6. The molecule has 0 saturated carbocycles. The maximum Gasteiger partial charge on any atom is 0.352 e. The van der Waals surface area contributed by atoms with E-state index in [2.05, 4.69) is 6.58 Å². The highest BCUT2D eigenvalue weighted by Crippen LogP contribution is 2.47. The molecule has 4 atom stereocenters. The molecular weight excluding hydrogens is 386 g/mol. The summed E-state index contributed by atoms with van der Waals surface area (Å²) in [5.41, 5.74) is 1.48. The van der Waals surface area contributed by atoms with Crippen molar-refractivity contribution in [3.05, 3.63) is 65.6 Å². The lowest BCUT2D eigenvalue weighted by Crippen LogP contribution is -2.63. The van der Waals surface area contributed by atoms with Crippen LogP contribution in [0.25, 0.3) is 6.08 Å². The molecular formula is C23H23NO6. The van der Waals surface area contributed by atoms with Crippen molar-refractivity contribution in [1.82, 2.24) is 4.90 Å². The molecule has 30 heavy (non-hydrogen) atoms. The first-order chi connectivity index (χ1) is 14.3. The number of carbonyl (C=O) groups excluding carboxylic acids is 1. The number of carboxylic acids is 1. The predicted molar refractivity (Wildman–Crippen MR) is 110 cm³/mol. The van der Waals surface area contributed by atoms with Crippen molar-refractivity contribution in [1.29, 1.82) is 0 Å². The van der Waals surface area contributed by atoms with E-state index < -0.39 is 18.0 Å². The number of β-lactam (4-membered cyclic amide) rings is 1. The molecule has 7 nitrogen and oxygen atoms in total. The largest absolute Gasteiger partial charge is 0.489 e. The highest BCUT2D eigenvalue weighted by Gasteiger charge is 2.59. The zero-order valence-electron chi connectivity index (χ0n) is 16.7. The lowest BCUT2D eigenvalue weighted by Gasteiger charge is -2.46. The van der Waals surface area contributed by atoms with Gasteiger partial charge in [-0.15, -0.1) is 0 Å². The summed E-state index contributed by atoms with van der Waals surface area (Å²) in [5.74, 6) is -0.433. The Labute approximate surface area is 174 Å². The minimum Gasteiger partial charge on any atom is -0.489 e. The summed E-state index contributed by atoms with van der Waals surface area (Å²) in [5, 5.41) is 19.5. The highest BCUT2D eigenvalue weighted by molar-refractivity contribution is 6.00. The van der Waals surface area contributed by atoms with Crippen LogP contribution in [0.2, 0.25) is 0 Å². The molecule has 0 aliphatic carbocycles. The molecule has 1 aromatic carbocycles. The Hall–Kier alpha value is -3.32. The van der Waals surface area contributed by atoms with E-state index >= 15 is 0 Å². The van der Waals surface area contributed by atoms with Gasteiger partial charge in [-0.1, -0.05) is 19.6 Å². The first kappa shape index (κ1) is 20.0. The highest BCUT2D eigenvalue weighted by atomic mass is 16.5. The van der Waals surface area contributed by atoms with Crippen molar-refractivity contribution in [3.8, 4) is 11.5 Å². The lowest BCUT2D eigenvalue weighted by molar-refractivity contribution is -0.163. The van der Waals surface area contributed by atoms with Gasteiger partial charge in [0.15, 0.2) is 0 Å². The number of fused-ring (bicyclic) bond motifs is 2. The van der Waals surface area contributed by atoms with Crippen molar-refractivity contribution in [2.75, 3.05) is 6.61 Å². The van der Waals surface area contributed by atoms with E-state index in [1.54, 1.807) is 31.2 Å². The van der Waals surface area contributed by atoms with Crippen molar-refractivity contribution in [2.45, 2.75) is 26.0 Å². The van der Waals surface area contributed by atoms with Crippen molar-refractivity contribution in [3.63, 3.8) is 0 Å². The van der Waals surface area contributed by atoms with Crippen LogP contribution in [0.15, 0.2) is 60.0 Å². The molecule has 1 fully saturated rings. The van der Waals surface area contributed by atoms with Gasteiger partial charge >= 0.3 is 5.97 Å². The Morgan fingerprint density at radius 2 is 2.17 bits per heavy atom. The van der Waals surface area contributed by atoms with Crippen LogP contribution >= 0.6 is 0 Å². The smallest absolute Gasteiger partial charge is 0.352 e. The fraction of sp³-hybridized carbons (Fsp3) is 0.304. The monoisotopic (exact) mass is 409 g/mol. The first-order valence-corrected chi connectivity index (χ1v) is 9.76. The Bertz CT molecular complexity index is 1020. The average Bonchev–Trinajstić information content (AvgIpc) is 2.93. The van der Waals surface area contributed by atoms with E-state index in [4.69, 9.17) is 9.47 Å². The van der Waals surface area contributed by atoms with Crippen LogP contribution in [0.4, 0.5) is 0 Å². The van der Waals surface area contributed by atoms with Crippen molar-refractivity contribution >= 4 is 18.0 Å². The number of ether oxygens (including phenoxy) is 2. The van der Waals surface area contributed by atoms with Crippen molar-refractivity contribution < 1.29 is 29.3 Å². The summed E-state index contributed by atoms with van der Waals surface area (Å²) in [4.78, 5) is 25.4. The van der Waals surface area contributed by atoms with Gasteiger partial charge in [0.1, 0.15) is 29.6 Å². The number of hydrogen-bond donors (Lipinski definition) is 2. The zero-order valence-corrected chi connectivity index (χ0v) is 16.7. The predicted octanol–water partition coefficient (Wildman–Crippen LogP) is 2.74. The van der Waals surface area contributed by atoms with Crippen LogP contribution in [0.3, 0.4) is 0 Å². The standard InChI is InChI=1S/C23H23NO6/c1-12-6-7-15-8-9-16(11-18(15)30-12)29-10-4-5-17-13(2)20-19(14(3)25)22(26)24(20)21(17)23(27)28/h4-9,11,13-14,19-20,25H,1,10H2,2-3H3,(H,27,28)/b5-4+/t13-,14+,19+,20+/m0/s1. The van der Waals surface area contributed by atoms with Crippen molar-refractivity contribution in [2.24, 2.45) is 11.8 Å². The maximum absolute atomic E-state index is 12.3. The molecule has 2 N–H and O–H groups in total. The van der Waals surface area contributed by atoms with E-state index in [-0.39, 0.29) is 30.2 Å². The summed E-state index contributed by atoms with van der Waals surface area (Å²) in [6.07, 6.45) is 6.30. The van der Waals surface area contributed by atoms with Gasteiger partial charge in [-0.25, -0.2) is 4.79 Å². The van der Waals surface area contributed by atoms with Crippen LogP contribution in [0.1, 0.15) is 19.4 Å². The number of benzene rings is 1. The number of nitrogens with zero attached hydrogens (tertiary/aromatic N) is 1. The number of amides is 1. The summed E-state index contributed by atoms with van der Waals surface area (Å²) in [6.45, 7) is 7.42. The molecule has 0 unspecified atom stereocenters. The molecule has 1 saturated heterocycles. The van der Waals surface area contributed by atoms with Gasteiger partial charge in [-0.05, 0) is 42.9 Å². The molecule has 1 amide bonds. The van der Waals surface area contributed by atoms with Crippen LogP contribution in [0.5, 0.6) is 11.5 Å². The third-order valence-electron chi connectivity index (χ3n) is 5.75. The third kappa shape index (κ3) is 3.21. The summed E-state index contributed by atoms with van der Waals surface area (Å²) >= 11 is 0. The Morgan fingerprint density at radius 3 is 2.87 bits per heavy atom. The minimum absolute atomic E-state index is 0.0156. The summed E-state index contributed by atoms with van der Waals surface area (Å²) in [6, 6.07) is 5.15. The number of aliphatic hydroxyl groups is 1. The molecule has 1 aromatic rings. The molecule has 3 aliphatic heterocycles. The number of aliphatic hydroxyl groups excluding tert-OH is 1. The van der Waals surface area contributed by atoms with Gasteiger partial charge in [0.2, 0.25) is 5.91 Å². The minimum atomic E-state index is -1.15. The van der Waals surface area contributed by atoms with E-state index in [1.165, 1.54) is 4.90 Å². The number of allylic oxidation sites excluding steroid dienone is 2. The second-order valence-corrected chi connectivity index (χ2v) is 7.68. The average molecular weight is 409 g/mol. The van der Waals surface area contributed by atoms with Gasteiger partial charge in [0.25, 0.3) is 0 Å². The molecule has 0 spiro atoms. The van der Waals surface area contributed by atoms with Gasteiger partial charge in [0, 0.05) is 17.5 Å². The molecule has 0 radical (unpaired) electrons. The fourth-order valence-electron chi connectivity index (χ4n) is 4.32. The van der Waals surface area contributed by atoms with Crippen LogP contribution in [-0.2, 0) is 9.59 Å². The third-order valence-corrected chi connectivity index (χ3v) is 5.75. The first-order valence-electron chi connectivity index (χ1n) is 9.76. The fourth-order valence-corrected chi connectivity index (χ4v) is 4.32. The second-order valence-electron chi connectivity index (χ2n) is 7.68. The molecule has 7 heteroatoms. The number of hydrogen-bond acceptors (Lipinski definition) is 5.